The molecule has 0 spiro atoms. The van der Waals surface area contributed by atoms with Crippen molar-refractivity contribution >= 4 is 39.5 Å². The number of hydrogen-bond acceptors (Lipinski definition) is 5. The first-order valence-corrected chi connectivity index (χ1v) is 8.12. The maximum absolute atomic E-state index is 12.4. The first-order valence-electron chi connectivity index (χ1n) is 7.33. The predicted molar refractivity (Wildman–Crippen MR) is 98.4 cm³/mol. The van der Waals surface area contributed by atoms with Crippen molar-refractivity contribution in [1.82, 2.24) is 0 Å². The summed E-state index contributed by atoms with van der Waals surface area (Å²) in [5, 5.41) is 0. The molecule has 0 fully saturated rings. The highest BCUT2D eigenvalue weighted by atomic mass is 79.9. The molecular weight excluding hydrogens is 388 g/mol. The minimum atomic E-state index is -0.564. The van der Waals surface area contributed by atoms with Crippen molar-refractivity contribution in [3.8, 4) is 5.75 Å². The maximum atomic E-state index is 12.4. The van der Waals surface area contributed by atoms with Crippen LogP contribution < -0.4 is 4.74 Å². The molecule has 0 atom stereocenters. The third-order valence-corrected chi connectivity index (χ3v) is 4.25. The van der Waals surface area contributed by atoms with Crippen LogP contribution in [0.3, 0.4) is 0 Å². The van der Waals surface area contributed by atoms with Crippen molar-refractivity contribution < 1.29 is 23.8 Å². The molecule has 6 heteroatoms. The van der Waals surface area contributed by atoms with Gasteiger partial charge in [0.05, 0.1) is 32.5 Å². The van der Waals surface area contributed by atoms with E-state index in [1.807, 2.05) is 6.07 Å². The van der Waals surface area contributed by atoms with Crippen LogP contribution in [0.4, 0.5) is 0 Å². The van der Waals surface area contributed by atoms with E-state index in [4.69, 9.17) is 14.2 Å². The predicted octanol–water partition coefficient (Wildman–Crippen LogP) is 3.96. The third-order valence-electron chi connectivity index (χ3n) is 3.53. The largest absolute Gasteiger partial charge is 0.497 e. The molecule has 0 aliphatic carbocycles. The van der Waals surface area contributed by atoms with Crippen LogP contribution in [0.2, 0.25) is 0 Å². The van der Waals surface area contributed by atoms with E-state index in [1.165, 1.54) is 14.2 Å². The third kappa shape index (κ3) is 4.28. The standard InChI is InChI=1S/C19H17BrO5/c1-23-13-8-9-17(20)12(10-13)11-16(19(22)25-3)14-6-4-5-7-15(14)18(21)24-2/h4-11H,1-3H3/b16-11-. The Kier molecular flexibility index (Phi) is 6.36. The van der Waals surface area contributed by atoms with Crippen LogP contribution in [-0.4, -0.2) is 33.3 Å². The highest BCUT2D eigenvalue weighted by molar-refractivity contribution is 9.10. The summed E-state index contributed by atoms with van der Waals surface area (Å²) in [6, 6.07) is 12.1. The van der Waals surface area contributed by atoms with Gasteiger partial charge < -0.3 is 14.2 Å². The first-order chi connectivity index (χ1) is 12.0. The second-order valence-corrected chi connectivity index (χ2v) is 5.83. The summed E-state index contributed by atoms with van der Waals surface area (Å²) in [5.74, 6) is -0.457. The molecule has 0 unspecified atom stereocenters. The van der Waals surface area contributed by atoms with E-state index in [-0.39, 0.29) is 11.1 Å². The topological polar surface area (TPSA) is 61.8 Å². The Labute approximate surface area is 154 Å². The molecule has 0 bridgehead atoms. The van der Waals surface area contributed by atoms with Crippen molar-refractivity contribution in [2.24, 2.45) is 0 Å². The second-order valence-electron chi connectivity index (χ2n) is 4.97. The zero-order valence-corrected chi connectivity index (χ0v) is 15.6. The lowest BCUT2D eigenvalue weighted by Crippen LogP contribution is -2.10. The fourth-order valence-electron chi connectivity index (χ4n) is 2.28. The van der Waals surface area contributed by atoms with Gasteiger partial charge in [0.25, 0.3) is 0 Å². The highest BCUT2D eigenvalue weighted by Crippen LogP contribution is 2.29. The molecule has 2 aromatic rings. The fraction of sp³-hybridized carbons (Fsp3) is 0.158. The summed E-state index contributed by atoms with van der Waals surface area (Å²) in [6.45, 7) is 0. The normalized spacial score (nSPS) is 11.0. The van der Waals surface area contributed by atoms with Crippen LogP contribution in [-0.2, 0) is 14.3 Å². The van der Waals surface area contributed by atoms with Gasteiger partial charge in [-0.25, -0.2) is 9.59 Å². The Balaban J connectivity index is 2.67. The number of rotatable bonds is 5. The van der Waals surface area contributed by atoms with Crippen LogP contribution in [0.5, 0.6) is 5.75 Å². The van der Waals surface area contributed by atoms with Crippen molar-refractivity contribution in [2.45, 2.75) is 0 Å². The van der Waals surface area contributed by atoms with Gasteiger partial charge in [-0.1, -0.05) is 34.1 Å². The Morgan fingerprint density at radius 1 is 0.960 bits per heavy atom. The van der Waals surface area contributed by atoms with Gasteiger partial charge in [0.2, 0.25) is 0 Å². The lowest BCUT2D eigenvalue weighted by atomic mass is 9.97. The molecule has 0 saturated carbocycles. The molecule has 0 amide bonds. The summed E-state index contributed by atoms with van der Waals surface area (Å²) in [5.41, 5.74) is 1.65. The van der Waals surface area contributed by atoms with E-state index < -0.39 is 11.9 Å². The van der Waals surface area contributed by atoms with Gasteiger partial charge >= 0.3 is 11.9 Å². The Morgan fingerprint density at radius 2 is 1.64 bits per heavy atom. The Hall–Kier alpha value is -2.60. The number of esters is 2. The number of halogens is 1. The van der Waals surface area contributed by atoms with E-state index >= 15 is 0 Å². The molecule has 2 rings (SSSR count). The number of carbonyl (C=O) groups excluding carboxylic acids is 2. The molecule has 0 radical (unpaired) electrons. The second kappa shape index (κ2) is 8.48. The zero-order chi connectivity index (χ0) is 18.4. The summed E-state index contributed by atoms with van der Waals surface area (Å²) in [7, 11) is 4.14. The van der Waals surface area contributed by atoms with Crippen molar-refractivity contribution in [2.75, 3.05) is 21.3 Å². The molecular formula is C19H17BrO5. The van der Waals surface area contributed by atoms with Crippen LogP contribution in [0.1, 0.15) is 21.5 Å². The molecule has 2 aromatic carbocycles. The van der Waals surface area contributed by atoms with Crippen molar-refractivity contribution in [3.63, 3.8) is 0 Å². The fourth-order valence-corrected chi connectivity index (χ4v) is 2.64. The number of ether oxygens (including phenoxy) is 3. The molecule has 0 aliphatic heterocycles. The van der Waals surface area contributed by atoms with Gasteiger partial charge in [-0.2, -0.15) is 0 Å². The molecule has 0 aliphatic rings. The summed E-state index contributed by atoms with van der Waals surface area (Å²) >= 11 is 3.45. The van der Waals surface area contributed by atoms with Gasteiger partial charge in [-0.15, -0.1) is 0 Å². The lowest BCUT2D eigenvalue weighted by Gasteiger charge is -2.11. The van der Waals surface area contributed by atoms with Gasteiger partial charge in [0.15, 0.2) is 0 Å². The van der Waals surface area contributed by atoms with E-state index in [0.29, 0.717) is 16.9 Å². The number of carbonyl (C=O) groups is 2. The maximum Gasteiger partial charge on any atom is 0.338 e. The summed E-state index contributed by atoms with van der Waals surface area (Å²) < 4.78 is 15.7. The van der Waals surface area contributed by atoms with Gasteiger partial charge in [-0.05, 0) is 35.9 Å². The molecule has 5 nitrogen and oxygen atoms in total. The zero-order valence-electron chi connectivity index (χ0n) is 14.0. The van der Waals surface area contributed by atoms with Crippen molar-refractivity contribution in [1.29, 1.82) is 0 Å². The minimum absolute atomic E-state index is 0.234. The number of benzene rings is 2. The van der Waals surface area contributed by atoms with Crippen LogP contribution in [0.25, 0.3) is 11.6 Å². The Morgan fingerprint density at radius 3 is 2.24 bits per heavy atom. The molecule has 0 N–H and O–H groups in total. The summed E-state index contributed by atoms with van der Waals surface area (Å²) in [6.07, 6.45) is 1.64. The monoisotopic (exact) mass is 404 g/mol. The first kappa shape index (κ1) is 18.7. The molecule has 130 valence electrons. The Bertz CT molecular complexity index is 826. The van der Waals surface area contributed by atoms with Crippen LogP contribution >= 0.6 is 15.9 Å². The number of methoxy groups -OCH3 is 3. The molecule has 0 aromatic heterocycles. The van der Waals surface area contributed by atoms with Gasteiger partial charge in [0.1, 0.15) is 5.75 Å². The summed E-state index contributed by atoms with van der Waals surface area (Å²) in [4.78, 5) is 24.4. The average Bonchev–Trinajstić information content (AvgIpc) is 2.66. The van der Waals surface area contributed by atoms with Gasteiger partial charge in [-0.3, -0.25) is 0 Å². The van der Waals surface area contributed by atoms with E-state index in [1.54, 1.807) is 49.6 Å². The molecule has 25 heavy (non-hydrogen) atoms. The lowest BCUT2D eigenvalue weighted by molar-refractivity contribution is -0.133. The van der Waals surface area contributed by atoms with Crippen molar-refractivity contribution in [3.05, 3.63) is 63.6 Å². The molecule has 0 saturated heterocycles. The highest BCUT2D eigenvalue weighted by Gasteiger charge is 2.20. The molecule has 0 heterocycles. The minimum Gasteiger partial charge on any atom is -0.497 e. The van der Waals surface area contributed by atoms with Crippen LogP contribution in [0.15, 0.2) is 46.9 Å². The van der Waals surface area contributed by atoms with Crippen LogP contribution in [0, 0.1) is 0 Å². The van der Waals surface area contributed by atoms with Gasteiger partial charge in [0, 0.05) is 10.0 Å². The van der Waals surface area contributed by atoms with E-state index in [9.17, 15) is 9.59 Å². The quantitative estimate of drug-likeness (QED) is 0.428. The smallest absolute Gasteiger partial charge is 0.338 e. The van der Waals surface area contributed by atoms with E-state index in [0.717, 1.165) is 4.47 Å². The number of hydrogen-bond donors (Lipinski definition) is 0. The van der Waals surface area contributed by atoms with E-state index in [2.05, 4.69) is 15.9 Å². The SMILES string of the molecule is COC(=O)/C(=C\c1cc(OC)ccc1Br)c1ccccc1C(=O)OC. The average molecular weight is 405 g/mol.